The number of hydrogen-bond donors (Lipinski definition) is 1. The van der Waals surface area contributed by atoms with Crippen LogP contribution in [0, 0.1) is 5.92 Å². The van der Waals surface area contributed by atoms with E-state index in [9.17, 15) is 0 Å². The smallest absolute Gasteiger partial charge is 0.119 e. The van der Waals surface area contributed by atoms with E-state index in [-0.39, 0.29) is 0 Å². The van der Waals surface area contributed by atoms with Crippen molar-refractivity contribution in [3.8, 4) is 5.75 Å². The fraction of sp³-hybridized carbons (Fsp3) is 0.533. The highest BCUT2D eigenvalue weighted by Gasteiger charge is 2.20. The molecule has 0 amide bonds. The van der Waals surface area contributed by atoms with Crippen LogP contribution in [-0.4, -0.2) is 36.1 Å². The number of ether oxygens (including phenoxy) is 1. The summed E-state index contributed by atoms with van der Waals surface area (Å²) in [7, 11) is 0. The average molecular weight is 278 g/mol. The molecule has 19 heavy (non-hydrogen) atoms. The van der Waals surface area contributed by atoms with Crippen LogP contribution in [0.2, 0.25) is 0 Å². The summed E-state index contributed by atoms with van der Waals surface area (Å²) in [6.07, 6.45) is 2.62. The first-order valence-corrected chi connectivity index (χ1v) is 7.35. The van der Waals surface area contributed by atoms with Crippen molar-refractivity contribution in [1.82, 2.24) is 4.90 Å². The first-order valence-electron chi connectivity index (χ1n) is 6.94. The molecule has 0 saturated carbocycles. The van der Waals surface area contributed by atoms with E-state index < -0.39 is 0 Å². The first kappa shape index (κ1) is 14.3. The quantitative estimate of drug-likeness (QED) is 0.811. The molecular formula is C15H22N2OS. The molecule has 0 aromatic heterocycles. The molecule has 2 rings (SSSR count). The Morgan fingerprint density at radius 3 is 2.74 bits per heavy atom. The van der Waals surface area contributed by atoms with Crippen LogP contribution in [-0.2, 0) is 0 Å². The molecule has 0 radical (unpaired) electrons. The highest BCUT2D eigenvalue weighted by Crippen LogP contribution is 2.18. The van der Waals surface area contributed by atoms with E-state index in [2.05, 4.69) is 11.8 Å². The molecule has 1 aliphatic rings. The Hall–Kier alpha value is -1.13. The van der Waals surface area contributed by atoms with E-state index in [1.165, 1.54) is 25.9 Å². The Morgan fingerprint density at radius 2 is 2.16 bits per heavy atom. The molecule has 1 atom stereocenters. The van der Waals surface area contributed by atoms with Crippen LogP contribution in [0.5, 0.6) is 5.75 Å². The topological polar surface area (TPSA) is 38.5 Å². The number of likely N-dealkylation sites (tertiary alicyclic amines) is 1. The van der Waals surface area contributed by atoms with Gasteiger partial charge in [-0.1, -0.05) is 25.6 Å². The molecule has 4 heteroatoms. The number of nitrogens with two attached hydrogens (primary N) is 1. The lowest BCUT2D eigenvalue weighted by Gasteiger charge is -2.16. The zero-order chi connectivity index (χ0) is 13.7. The van der Waals surface area contributed by atoms with Gasteiger partial charge in [0, 0.05) is 18.7 Å². The normalized spacial score (nSPS) is 19.5. The van der Waals surface area contributed by atoms with Crippen LogP contribution in [0.3, 0.4) is 0 Å². The molecule has 1 aliphatic heterocycles. The van der Waals surface area contributed by atoms with E-state index in [1.54, 1.807) is 0 Å². The van der Waals surface area contributed by atoms with Gasteiger partial charge in [0.25, 0.3) is 0 Å². The molecular weight excluding hydrogens is 256 g/mol. The van der Waals surface area contributed by atoms with Gasteiger partial charge < -0.3 is 10.5 Å². The van der Waals surface area contributed by atoms with Gasteiger partial charge in [-0.15, -0.1) is 0 Å². The number of hydrogen-bond acceptors (Lipinski definition) is 3. The monoisotopic (exact) mass is 278 g/mol. The molecule has 2 N–H and O–H groups in total. The van der Waals surface area contributed by atoms with E-state index >= 15 is 0 Å². The van der Waals surface area contributed by atoms with Crippen LogP contribution < -0.4 is 10.5 Å². The molecule has 1 unspecified atom stereocenters. The maximum Gasteiger partial charge on any atom is 0.119 e. The summed E-state index contributed by atoms with van der Waals surface area (Å²) in [5.74, 6) is 1.76. The van der Waals surface area contributed by atoms with Gasteiger partial charge in [-0.25, -0.2) is 0 Å². The minimum absolute atomic E-state index is 0.425. The molecule has 104 valence electrons. The third-order valence-corrected chi connectivity index (χ3v) is 4.00. The third kappa shape index (κ3) is 4.18. The highest BCUT2D eigenvalue weighted by molar-refractivity contribution is 7.80. The molecule has 3 nitrogen and oxygen atoms in total. The summed E-state index contributed by atoms with van der Waals surface area (Å²) in [4.78, 5) is 2.91. The molecule has 1 aromatic rings. The van der Waals surface area contributed by atoms with Gasteiger partial charge in [-0.05, 0) is 43.1 Å². The second-order valence-corrected chi connectivity index (χ2v) is 5.54. The standard InChI is InChI=1S/C15H22N2OS/c1-2-12-7-8-17(11-12)9-10-18-14-5-3-13(4-6-14)15(16)19/h3-6,12H,2,7-11H2,1H3,(H2,16,19). The molecule has 0 aliphatic carbocycles. The highest BCUT2D eigenvalue weighted by atomic mass is 32.1. The fourth-order valence-corrected chi connectivity index (χ4v) is 2.59. The largest absolute Gasteiger partial charge is 0.492 e. The SMILES string of the molecule is CCC1CCN(CCOc2ccc(C(N)=S)cc2)C1. The summed E-state index contributed by atoms with van der Waals surface area (Å²) in [5.41, 5.74) is 6.44. The fourth-order valence-electron chi connectivity index (χ4n) is 2.46. The Bertz CT molecular complexity index is 419. The Labute approximate surface area is 120 Å². The Morgan fingerprint density at radius 1 is 1.42 bits per heavy atom. The van der Waals surface area contributed by atoms with Crippen LogP contribution in [0.1, 0.15) is 25.3 Å². The minimum atomic E-state index is 0.425. The van der Waals surface area contributed by atoms with E-state index in [0.717, 1.165) is 30.4 Å². The van der Waals surface area contributed by atoms with E-state index in [4.69, 9.17) is 22.7 Å². The van der Waals surface area contributed by atoms with E-state index in [1.807, 2.05) is 24.3 Å². The summed E-state index contributed by atoms with van der Waals surface area (Å²) in [6.45, 7) is 6.45. The zero-order valence-electron chi connectivity index (χ0n) is 11.5. The van der Waals surface area contributed by atoms with Gasteiger partial charge in [0.1, 0.15) is 17.3 Å². The average Bonchev–Trinajstić information content (AvgIpc) is 2.87. The summed E-state index contributed by atoms with van der Waals surface area (Å²) < 4.78 is 5.75. The lowest BCUT2D eigenvalue weighted by Crippen LogP contribution is -2.26. The van der Waals surface area contributed by atoms with Crippen molar-refractivity contribution in [2.24, 2.45) is 11.7 Å². The van der Waals surface area contributed by atoms with Gasteiger partial charge in [-0.3, -0.25) is 4.90 Å². The molecule has 1 saturated heterocycles. The van der Waals surface area contributed by atoms with E-state index in [0.29, 0.717) is 4.99 Å². The van der Waals surface area contributed by atoms with Crippen LogP contribution in [0.15, 0.2) is 24.3 Å². The van der Waals surface area contributed by atoms with Crippen molar-refractivity contribution in [3.05, 3.63) is 29.8 Å². The molecule has 1 heterocycles. The van der Waals surface area contributed by atoms with Gasteiger partial charge >= 0.3 is 0 Å². The molecule has 1 aromatic carbocycles. The van der Waals surface area contributed by atoms with Gasteiger partial charge in [0.05, 0.1) is 0 Å². The number of nitrogens with zero attached hydrogens (tertiary/aromatic N) is 1. The second-order valence-electron chi connectivity index (χ2n) is 5.10. The molecule has 1 fully saturated rings. The van der Waals surface area contributed by atoms with Gasteiger partial charge in [-0.2, -0.15) is 0 Å². The van der Waals surface area contributed by atoms with Crippen molar-refractivity contribution in [1.29, 1.82) is 0 Å². The van der Waals surface area contributed by atoms with Crippen LogP contribution in [0.25, 0.3) is 0 Å². The maximum absolute atomic E-state index is 5.75. The number of benzene rings is 1. The lowest BCUT2D eigenvalue weighted by molar-refractivity contribution is 0.232. The van der Waals surface area contributed by atoms with Crippen LogP contribution in [0.4, 0.5) is 0 Å². The zero-order valence-corrected chi connectivity index (χ0v) is 12.3. The predicted octanol–water partition coefficient (Wildman–Crippen LogP) is 2.43. The Balaban J connectivity index is 1.72. The number of rotatable bonds is 6. The van der Waals surface area contributed by atoms with Crippen molar-refractivity contribution < 1.29 is 4.74 Å². The van der Waals surface area contributed by atoms with Crippen molar-refractivity contribution >= 4 is 17.2 Å². The second kappa shape index (κ2) is 6.87. The predicted molar refractivity (Wildman–Crippen MR) is 82.7 cm³/mol. The summed E-state index contributed by atoms with van der Waals surface area (Å²) in [5, 5.41) is 0. The molecule has 0 spiro atoms. The first-order chi connectivity index (χ1) is 9.19. The van der Waals surface area contributed by atoms with Crippen molar-refractivity contribution in [3.63, 3.8) is 0 Å². The van der Waals surface area contributed by atoms with Crippen molar-refractivity contribution in [2.45, 2.75) is 19.8 Å². The van der Waals surface area contributed by atoms with Crippen molar-refractivity contribution in [2.75, 3.05) is 26.2 Å². The lowest BCUT2D eigenvalue weighted by atomic mass is 10.1. The molecule has 0 bridgehead atoms. The summed E-state index contributed by atoms with van der Waals surface area (Å²) >= 11 is 4.92. The summed E-state index contributed by atoms with van der Waals surface area (Å²) in [6, 6.07) is 7.65. The number of thiocarbonyl (C=S) groups is 1. The van der Waals surface area contributed by atoms with Gasteiger partial charge in [0.2, 0.25) is 0 Å². The maximum atomic E-state index is 5.75. The van der Waals surface area contributed by atoms with Gasteiger partial charge in [0.15, 0.2) is 0 Å². The third-order valence-electron chi connectivity index (χ3n) is 3.76. The minimum Gasteiger partial charge on any atom is -0.492 e. The Kier molecular flexibility index (Phi) is 5.16. The van der Waals surface area contributed by atoms with Crippen LogP contribution >= 0.6 is 12.2 Å².